The van der Waals surface area contributed by atoms with E-state index in [0.29, 0.717) is 11.4 Å². The summed E-state index contributed by atoms with van der Waals surface area (Å²) in [6.45, 7) is 7.10. The van der Waals surface area contributed by atoms with Crippen molar-refractivity contribution in [3.05, 3.63) is 23.4 Å². The summed E-state index contributed by atoms with van der Waals surface area (Å²) >= 11 is 0. The van der Waals surface area contributed by atoms with Crippen molar-refractivity contribution in [1.82, 2.24) is 9.88 Å². The predicted octanol–water partition coefficient (Wildman–Crippen LogP) is 3.18. The Hall–Kier alpha value is -2.31. The molecule has 26 heavy (non-hydrogen) atoms. The number of amides is 1. The average Bonchev–Trinajstić information content (AvgIpc) is 2.47. The lowest BCUT2D eigenvalue weighted by Crippen LogP contribution is -2.46. The smallest absolute Gasteiger partial charge is 0.410 e. The predicted molar refractivity (Wildman–Crippen MR) is 96.4 cm³/mol. The van der Waals surface area contributed by atoms with Gasteiger partial charge in [-0.3, -0.25) is 4.90 Å². The lowest BCUT2D eigenvalue weighted by molar-refractivity contribution is -0.142. The zero-order valence-electron chi connectivity index (χ0n) is 16.1. The molecule has 0 aromatic carbocycles. The second kappa shape index (κ2) is 7.93. The number of hydrogen-bond acceptors (Lipinski definition) is 5. The van der Waals surface area contributed by atoms with E-state index >= 15 is 0 Å². The largest absolute Gasteiger partial charge is 0.480 e. The molecule has 1 amide bonds. The molecule has 0 saturated heterocycles. The molecule has 144 valence electrons. The second-order valence-corrected chi connectivity index (χ2v) is 7.80. The topological polar surface area (TPSA) is 89.0 Å². The number of carboxylic acid groups (broad SMARTS) is 1. The SMILES string of the molecule is Cc1cnc(OC2CCC2)c(C[C@@H](C(=O)O)N(C)C(=O)OC(C)(C)C)c1. The normalized spacial score (nSPS) is 15.7. The molecule has 1 N–H and O–H groups in total. The van der Waals surface area contributed by atoms with Gasteiger partial charge in [-0.25, -0.2) is 14.6 Å². The molecule has 1 heterocycles. The maximum absolute atomic E-state index is 12.3. The number of carbonyl (C=O) groups is 2. The molecule has 1 saturated carbocycles. The van der Waals surface area contributed by atoms with Crippen LogP contribution in [0.3, 0.4) is 0 Å². The third kappa shape index (κ3) is 5.34. The lowest BCUT2D eigenvalue weighted by atomic mass is 9.96. The summed E-state index contributed by atoms with van der Waals surface area (Å²) in [6.07, 6.45) is 4.35. The molecule has 1 aliphatic rings. The molecule has 1 aliphatic carbocycles. The number of rotatable bonds is 6. The molecular weight excluding hydrogens is 336 g/mol. The molecule has 0 unspecified atom stereocenters. The van der Waals surface area contributed by atoms with E-state index < -0.39 is 23.7 Å². The number of aryl methyl sites for hydroxylation is 1. The first-order valence-electron chi connectivity index (χ1n) is 8.87. The van der Waals surface area contributed by atoms with E-state index in [4.69, 9.17) is 9.47 Å². The molecule has 0 spiro atoms. The highest BCUT2D eigenvalue weighted by Crippen LogP contribution is 2.28. The number of hydrogen-bond donors (Lipinski definition) is 1. The van der Waals surface area contributed by atoms with E-state index in [2.05, 4.69) is 4.98 Å². The third-order valence-electron chi connectivity index (χ3n) is 4.24. The number of aromatic nitrogens is 1. The zero-order valence-corrected chi connectivity index (χ0v) is 16.1. The van der Waals surface area contributed by atoms with Gasteiger partial charge in [-0.05, 0) is 58.6 Å². The van der Waals surface area contributed by atoms with Crippen molar-refractivity contribution in [1.29, 1.82) is 0 Å². The summed E-state index contributed by atoms with van der Waals surface area (Å²) in [5, 5.41) is 9.64. The summed E-state index contributed by atoms with van der Waals surface area (Å²) in [6, 6.07) is 0.789. The van der Waals surface area contributed by atoms with E-state index in [9.17, 15) is 14.7 Å². The number of aliphatic carboxylic acids is 1. The van der Waals surface area contributed by atoms with Crippen LogP contribution in [0.2, 0.25) is 0 Å². The van der Waals surface area contributed by atoms with Crippen molar-refractivity contribution in [2.75, 3.05) is 7.05 Å². The Morgan fingerprint density at radius 1 is 1.38 bits per heavy atom. The first-order valence-corrected chi connectivity index (χ1v) is 8.87. The molecule has 7 heteroatoms. The molecule has 2 rings (SSSR count). The van der Waals surface area contributed by atoms with E-state index in [-0.39, 0.29) is 12.5 Å². The molecule has 0 bridgehead atoms. The lowest BCUT2D eigenvalue weighted by Gasteiger charge is -2.30. The Morgan fingerprint density at radius 2 is 2.04 bits per heavy atom. The van der Waals surface area contributed by atoms with Crippen LogP contribution >= 0.6 is 0 Å². The minimum atomic E-state index is -1.10. The average molecular weight is 364 g/mol. The monoisotopic (exact) mass is 364 g/mol. The van der Waals surface area contributed by atoms with E-state index in [1.807, 2.05) is 13.0 Å². The third-order valence-corrected chi connectivity index (χ3v) is 4.24. The number of carboxylic acids is 1. The van der Waals surface area contributed by atoms with E-state index in [1.165, 1.54) is 7.05 Å². The Bertz CT molecular complexity index is 664. The number of ether oxygens (including phenoxy) is 2. The molecule has 1 aromatic rings. The first kappa shape index (κ1) is 20.0. The fourth-order valence-electron chi connectivity index (χ4n) is 2.58. The van der Waals surface area contributed by atoms with Gasteiger partial charge in [0.1, 0.15) is 17.7 Å². The van der Waals surface area contributed by atoms with Crippen LogP contribution in [-0.2, 0) is 16.0 Å². The van der Waals surface area contributed by atoms with Gasteiger partial charge >= 0.3 is 12.1 Å². The van der Waals surface area contributed by atoms with Crippen LogP contribution in [0.15, 0.2) is 12.3 Å². The fraction of sp³-hybridized carbons (Fsp3) is 0.632. The molecular formula is C19H28N2O5. The minimum Gasteiger partial charge on any atom is -0.480 e. The van der Waals surface area contributed by atoms with Crippen LogP contribution in [0.5, 0.6) is 5.88 Å². The van der Waals surface area contributed by atoms with Crippen molar-refractivity contribution in [3.8, 4) is 5.88 Å². The van der Waals surface area contributed by atoms with Gasteiger partial charge in [0, 0.05) is 25.2 Å². The molecule has 1 atom stereocenters. The minimum absolute atomic E-state index is 0.0990. The van der Waals surface area contributed by atoms with Gasteiger partial charge in [0.25, 0.3) is 0 Å². The Morgan fingerprint density at radius 3 is 2.54 bits per heavy atom. The van der Waals surface area contributed by atoms with Crippen LogP contribution in [0, 0.1) is 6.92 Å². The van der Waals surface area contributed by atoms with E-state index in [1.54, 1.807) is 27.0 Å². The maximum Gasteiger partial charge on any atom is 0.410 e. The molecule has 1 aromatic heterocycles. The highest BCUT2D eigenvalue weighted by molar-refractivity contribution is 5.80. The standard InChI is InChI=1S/C19H28N2O5/c1-12-9-13(16(20-11-12)25-14-7-6-8-14)10-15(17(22)23)21(5)18(24)26-19(2,3)4/h9,11,14-15H,6-8,10H2,1-5H3,(H,22,23)/t15-/m0/s1. The van der Waals surface area contributed by atoms with Crippen molar-refractivity contribution < 1.29 is 24.2 Å². The fourth-order valence-corrected chi connectivity index (χ4v) is 2.58. The summed E-state index contributed by atoms with van der Waals surface area (Å²) in [5.74, 6) is -0.654. The summed E-state index contributed by atoms with van der Waals surface area (Å²) in [4.78, 5) is 29.5. The molecule has 7 nitrogen and oxygen atoms in total. The molecule has 0 aliphatic heterocycles. The van der Waals surface area contributed by atoms with Crippen molar-refractivity contribution >= 4 is 12.1 Å². The van der Waals surface area contributed by atoms with Crippen LogP contribution in [0.4, 0.5) is 4.79 Å². The van der Waals surface area contributed by atoms with Gasteiger partial charge in [-0.2, -0.15) is 0 Å². The summed E-state index contributed by atoms with van der Waals surface area (Å²) < 4.78 is 11.2. The van der Waals surface area contributed by atoms with Crippen LogP contribution in [0.25, 0.3) is 0 Å². The number of nitrogens with zero attached hydrogens (tertiary/aromatic N) is 2. The molecule has 1 fully saturated rings. The summed E-state index contributed by atoms with van der Waals surface area (Å²) in [7, 11) is 1.43. The zero-order chi connectivity index (χ0) is 19.5. The second-order valence-electron chi connectivity index (χ2n) is 7.80. The van der Waals surface area contributed by atoms with Gasteiger partial charge in [0.05, 0.1) is 0 Å². The Balaban J connectivity index is 2.19. The molecule has 0 radical (unpaired) electrons. The van der Waals surface area contributed by atoms with Crippen LogP contribution in [-0.4, -0.2) is 51.8 Å². The van der Waals surface area contributed by atoms with Crippen molar-refractivity contribution in [2.45, 2.75) is 71.1 Å². The van der Waals surface area contributed by atoms with Crippen molar-refractivity contribution in [3.63, 3.8) is 0 Å². The van der Waals surface area contributed by atoms with Gasteiger partial charge in [0.15, 0.2) is 0 Å². The first-order chi connectivity index (χ1) is 12.1. The van der Waals surface area contributed by atoms with Gasteiger partial charge in [-0.1, -0.05) is 0 Å². The quantitative estimate of drug-likeness (QED) is 0.834. The van der Waals surface area contributed by atoms with Gasteiger partial charge in [-0.15, -0.1) is 0 Å². The number of carbonyl (C=O) groups excluding carboxylic acids is 1. The van der Waals surface area contributed by atoms with Gasteiger partial charge in [0.2, 0.25) is 5.88 Å². The highest BCUT2D eigenvalue weighted by Gasteiger charge is 2.32. The van der Waals surface area contributed by atoms with Crippen LogP contribution < -0.4 is 4.74 Å². The Labute approximate surface area is 154 Å². The highest BCUT2D eigenvalue weighted by atomic mass is 16.6. The summed E-state index contributed by atoms with van der Waals surface area (Å²) in [5.41, 5.74) is 0.891. The van der Waals surface area contributed by atoms with Gasteiger partial charge < -0.3 is 14.6 Å². The number of likely N-dealkylation sites (N-methyl/N-ethyl adjacent to an activating group) is 1. The number of pyridine rings is 1. The van der Waals surface area contributed by atoms with E-state index in [0.717, 1.165) is 29.7 Å². The van der Waals surface area contributed by atoms with Crippen LogP contribution in [0.1, 0.15) is 51.2 Å². The maximum atomic E-state index is 12.3. The Kier molecular flexibility index (Phi) is 6.10. The van der Waals surface area contributed by atoms with Crippen molar-refractivity contribution in [2.24, 2.45) is 0 Å².